The Morgan fingerprint density at radius 1 is 1.33 bits per heavy atom. The summed E-state index contributed by atoms with van der Waals surface area (Å²) in [5.74, 6) is 0.0626. The normalized spacial score (nSPS) is 10.3. The molecule has 15 heavy (non-hydrogen) atoms. The van der Waals surface area contributed by atoms with E-state index in [4.69, 9.17) is 10.5 Å². The van der Waals surface area contributed by atoms with Crippen molar-refractivity contribution in [2.45, 2.75) is 0 Å². The Kier molecular flexibility index (Phi) is 2.29. The molecule has 3 N–H and O–H groups in total. The van der Waals surface area contributed by atoms with Crippen LogP contribution in [0.2, 0.25) is 0 Å². The summed E-state index contributed by atoms with van der Waals surface area (Å²) in [6.45, 7) is 0. The second-order valence-corrected chi connectivity index (χ2v) is 3.03. The fourth-order valence-electron chi connectivity index (χ4n) is 1.29. The van der Waals surface area contributed by atoms with Crippen LogP contribution in [0.4, 0.5) is 10.2 Å². The van der Waals surface area contributed by atoms with Gasteiger partial charge < -0.3 is 10.5 Å². The highest BCUT2D eigenvalue weighted by Crippen LogP contribution is 2.25. The van der Waals surface area contributed by atoms with Crippen LogP contribution in [-0.4, -0.2) is 17.3 Å². The summed E-state index contributed by atoms with van der Waals surface area (Å²) in [4.78, 5) is 0. The molecule has 78 valence electrons. The number of H-pyrrole nitrogens is 1. The van der Waals surface area contributed by atoms with Gasteiger partial charge in [0.2, 0.25) is 0 Å². The van der Waals surface area contributed by atoms with Crippen LogP contribution < -0.4 is 10.5 Å². The molecule has 0 fully saturated rings. The van der Waals surface area contributed by atoms with Gasteiger partial charge in [-0.2, -0.15) is 5.10 Å². The summed E-state index contributed by atoms with van der Waals surface area (Å²) in [7, 11) is 1.57. The van der Waals surface area contributed by atoms with Crippen molar-refractivity contribution >= 4 is 5.82 Å². The lowest BCUT2D eigenvalue weighted by Gasteiger charge is -2.01. The van der Waals surface area contributed by atoms with E-state index in [1.165, 1.54) is 0 Å². The van der Waals surface area contributed by atoms with Crippen molar-refractivity contribution in [3.8, 4) is 17.0 Å². The number of hydrogen-bond acceptors (Lipinski definition) is 3. The standard InChI is InChI=1S/C10H10FN3O/c1-15-7-4-2-6(3-5-7)9-8(11)10(12)14-13-9/h2-5H,1H3,(H3,12,13,14). The van der Waals surface area contributed by atoms with E-state index in [0.29, 0.717) is 11.3 Å². The predicted octanol–water partition coefficient (Wildman–Crippen LogP) is 1.81. The Morgan fingerprint density at radius 3 is 2.47 bits per heavy atom. The molecular formula is C10H10FN3O. The van der Waals surface area contributed by atoms with Crippen LogP contribution in [0.5, 0.6) is 5.75 Å². The summed E-state index contributed by atoms with van der Waals surface area (Å²) in [5.41, 5.74) is 6.26. The SMILES string of the molecule is COc1ccc(-c2[nH]nc(N)c2F)cc1. The molecule has 2 rings (SSSR count). The average molecular weight is 207 g/mol. The lowest BCUT2D eigenvalue weighted by Crippen LogP contribution is -1.87. The third-order valence-corrected chi connectivity index (χ3v) is 2.11. The van der Waals surface area contributed by atoms with Gasteiger partial charge in [-0.25, -0.2) is 4.39 Å². The summed E-state index contributed by atoms with van der Waals surface area (Å²) in [6.07, 6.45) is 0. The van der Waals surface area contributed by atoms with E-state index in [1.807, 2.05) is 0 Å². The van der Waals surface area contributed by atoms with Crippen LogP contribution in [0.3, 0.4) is 0 Å². The number of ether oxygens (including phenoxy) is 1. The molecule has 1 aromatic heterocycles. The van der Waals surface area contributed by atoms with Crippen molar-refractivity contribution in [3.63, 3.8) is 0 Å². The van der Waals surface area contributed by atoms with Crippen LogP contribution in [0.15, 0.2) is 24.3 Å². The largest absolute Gasteiger partial charge is 0.497 e. The maximum atomic E-state index is 13.4. The number of rotatable bonds is 2. The second kappa shape index (κ2) is 3.61. The maximum absolute atomic E-state index is 13.4. The molecule has 0 bridgehead atoms. The van der Waals surface area contributed by atoms with Crippen LogP contribution in [0, 0.1) is 5.82 Å². The van der Waals surface area contributed by atoms with Crippen molar-refractivity contribution in [2.24, 2.45) is 0 Å². The molecule has 1 aromatic carbocycles. The molecular weight excluding hydrogens is 197 g/mol. The lowest BCUT2D eigenvalue weighted by atomic mass is 10.1. The van der Waals surface area contributed by atoms with E-state index in [9.17, 15) is 4.39 Å². The number of nitrogens with one attached hydrogen (secondary N) is 1. The monoisotopic (exact) mass is 207 g/mol. The number of nitrogens with two attached hydrogens (primary N) is 1. The number of aromatic amines is 1. The molecule has 0 saturated heterocycles. The van der Waals surface area contributed by atoms with Gasteiger partial charge in [0.25, 0.3) is 0 Å². The van der Waals surface area contributed by atoms with Crippen LogP contribution >= 0.6 is 0 Å². The Balaban J connectivity index is 2.41. The first-order chi connectivity index (χ1) is 7.22. The van der Waals surface area contributed by atoms with Gasteiger partial charge in [-0.15, -0.1) is 0 Å². The first-order valence-electron chi connectivity index (χ1n) is 4.36. The molecule has 2 aromatic rings. The Labute approximate surface area is 85.9 Å². The van der Waals surface area contributed by atoms with Gasteiger partial charge in [-0.1, -0.05) is 0 Å². The second-order valence-electron chi connectivity index (χ2n) is 3.03. The Morgan fingerprint density at radius 2 is 2.00 bits per heavy atom. The van der Waals surface area contributed by atoms with Gasteiger partial charge >= 0.3 is 0 Å². The Hall–Kier alpha value is -2.04. The van der Waals surface area contributed by atoms with Crippen LogP contribution in [0.1, 0.15) is 0 Å². The molecule has 0 radical (unpaired) electrons. The van der Waals surface area contributed by atoms with Gasteiger partial charge in [0.15, 0.2) is 11.6 Å². The smallest absolute Gasteiger partial charge is 0.192 e. The zero-order valence-corrected chi connectivity index (χ0v) is 8.12. The van der Waals surface area contributed by atoms with Crippen molar-refractivity contribution in [1.29, 1.82) is 0 Å². The number of nitrogens with zero attached hydrogens (tertiary/aromatic N) is 1. The summed E-state index contributed by atoms with van der Waals surface area (Å²) in [5, 5.41) is 6.12. The highest BCUT2D eigenvalue weighted by Gasteiger charge is 2.11. The fraction of sp³-hybridized carbons (Fsp3) is 0.100. The van der Waals surface area contributed by atoms with E-state index < -0.39 is 5.82 Å². The van der Waals surface area contributed by atoms with Crippen molar-refractivity contribution in [1.82, 2.24) is 10.2 Å². The molecule has 0 saturated carbocycles. The number of nitrogen functional groups attached to an aromatic ring is 1. The highest BCUT2D eigenvalue weighted by atomic mass is 19.1. The zero-order valence-electron chi connectivity index (χ0n) is 8.12. The number of benzene rings is 1. The van der Waals surface area contributed by atoms with Crippen LogP contribution in [-0.2, 0) is 0 Å². The maximum Gasteiger partial charge on any atom is 0.192 e. The number of halogens is 1. The molecule has 0 aliphatic rings. The molecule has 4 nitrogen and oxygen atoms in total. The van der Waals surface area contributed by atoms with Crippen molar-refractivity contribution in [2.75, 3.05) is 12.8 Å². The molecule has 0 amide bonds. The molecule has 0 unspecified atom stereocenters. The minimum atomic E-state index is -0.528. The van der Waals surface area contributed by atoms with E-state index in [0.717, 1.165) is 0 Å². The molecule has 0 spiro atoms. The summed E-state index contributed by atoms with van der Waals surface area (Å²) < 4.78 is 18.4. The molecule has 1 heterocycles. The van der Waals surface area contributed by atoms with E-state index in [2.05, 4.69) is 10.2 Å². The number of anilines is 1. The van der Waals surface area contributed by atoms with Gasteiger partial charge in [0.05, 0.1) is 7.11 Å². The molecule has 0 aliphatic heterocycles. The summed E-state index contributed by atoms with van der Waals surface area (Å²) >= 11 is 0. The lowest BCUT2D eigenvalue weighted by molar-refractivity contribution is 0.415. The minimum Gasteiger partial charge on any atom is -0.497 e. The quantitative estimate of drug-likeness (QED) is 0.789. The molecule has 0 atom stereocenters. The van der Waals surface area contributed by atoms with E-state index in [-0.39, 0.29) is 11.5 Å². The zero-order chi connectivity index (χ0) is 10.8. The predicted molar refractivity (Wildman–Crippen MR) is 54.9 cm³/mol. The third-order valence-electron chi connectivity index (χ3n) is 2.11. The Bertz CT molecular complexity index is 464. The van der Waals surface area contributed by atoms with Crippen LogP contribution in [0.25, 0.3) is 11.3 Å². The van der Waals surface area contributed by atoms with Gasteiger partial charge in [0.1, 0.15) is 11.4 Å². The number of aromatic nitrogens is 2. The minimum absolute atomic E-state index is 0.124. The number of methoxy groups -OCH3 is 1. The number of hydrogen-bond donors (Lipinski definition) is 2. The first-order valence-corrected chi connectivity index (χ1v) is 4.36. The average Bonchev–Trinajstić information content (AvgIpc) is 2.60. The fourth-order valence-corrected chi connectivity index (χ4v) is 1.29. The molecule has 5 heteroatoms. The van der Waals surface area contributed by atoms with E-state index >= 15 is 0 Å². The van der Waals surface area contributed by atoms with Crippen molar-refractivity contribution < 1.29 is 9.13 Å². The topological polar surface area (TPSA) is 63.9 Å². The van der Waals surface area contributed by atoms with Gasteiger partial charge in [-0.3, -0.25) is 5.10 Å². The van der Waals surface area contributed by atoms with Gasteiger partial charge in [0, 0.05) is 5.56 Å². The first kappa shape index (κ1) is 9.51. The molecule has 0 aliphatic carbocycles. The van der Waals surface area contributed by atoms with Crippen molar-refractivity contribution in [3.05, 3.63) is 30.1 Å². The third kappa shape index (κ3) is 1.63. The highest BCUT2D eigenvalue weighted by molar-refractivity contribution is 5.63. The van der Waals surface area contributed by atoms with Gasteiger partial charge in [-0.05, 0) is 24.3 Å². The van der Waals surface area contributed by atoms with E-state index in [1.54, 1.807) is 31.4 Å². The summed E-state index contributed by atoms with van der Waals surface area (Å²) in [6, 6.07) is 6.95.